The summed E-state index contributed by atoms with van der Waals surface area (Å²) in [5, 5.41) is 3.29. The number of para-hydroxylation sites is 1. The molecular formula is C15H16ClN3O. The van der Waals surface area contributed by atoms with Gasteiger partial charge in [-0.15, -0.1) is 0 Å². The third-order valence-electron chi connectivity index (χ3n) is 2.87. The molecule has 5 heteroatoms. The van der Waals surface area contributed by atoms with Gasteiger partial charge < -0.3 is 16.0 Å². The first kappa shape index (κ1) is 14.2. The molecule has 0 spiro atoms. The van der Waals surface area contributed by atoms with Gasteiger partial charge in [0.2, 0.25) is 0 Å². The largest absolute Gasteiger partial charge is 0.399 e. The van der Waals surface area contributed by atoms with Crippen LogP contribution in [-0.4, -0.2) is 20.0 Å². The predicted molar refractivity (Wildman–Crippen MR) is 84.6 cm³/mol. The molecule has 0 heterocycles. The third-order valence-corrected chi connectivity index (χ3v) is 3.20. The zero-order valence-corrected chi connectivity index (χ0v) is 12.1. The van der Waals surface area contributed by atoms with E-state index in [-0.39, 0.29) is 5.91 Å². The van der Waals surface area contributed by atoms with Crippen LogP contribution in [-0.2, 0) is 0 Å². The van der Waals surface area contributed by atoms with Gasteiger partial charge in [0, 0.05) is 25.5 Å². The molecule has 0 fully saturated rings. The first-order valence-electron chi connectivity index (χ1n) is 6.12. The maximum absolute atomic E-state index is 12.4. The molecule has 0 radical (unpaired) electrons. The quantitative estimate of drug-likeness (QED) is 0.853. The Morgan fingerprint density at radius 1 is 1.20 bits per heavy atom. The third kappa shape index (κ3) is 3.03. The van der Waals surface area contributed by atoms with Crippen LogP contribution in [0.4, 0.5) is 17.1 Å². The molecular weight excluding hydrogens is 274 g/mol. The zero-order valence-electron chi connectivity index (χ0n) is 11.4. The second-order valence-electron chi connectivity index (χ2n) is 4.60. The summed E-state index contributed by atoms with van der Waals surface area (Å²) in [5.41, 5.74) is 8.19. The Kier molecular flexibility index (Phi) is 4.15. The van der Waals surface area contributed by atoms with Crippen molar-refractivity contribution in [3.05, 3.63) is 53.1 Å². The van der Waals surface area contributed by atoms with Gasteiger partial charge in [-0.05, 0) is 30.3 Å². The van der Waals surface area contributed by atoms with Crippen LogP contribution in [0.1, 0.15) is 10.4 Å². The number of rotatable bonds is 3. The summed E-state index contributed by atoms with van der Waals surface area (Å²) in [6.45, 7) is 0. The number of nitrogen functional groups attached to an aromatic ring is 1. The topological polar surface area (TPSA) is 58.4 Å². The van der Waals surface area contributed by atoms with E-state index in [4.69, 9.17) is 17.3 Å². The SMILES string of the molecule is CN(C)c1ccc(N)cc1C(=O)Nc1ccccc1Cl. The lowest BCUT2D eigenvalue weighted by Gasteiger charge is -2.18. The van der Waals surface area contributed by atoms with Gasteiger partial charge in [-0.1, -0.05) is 23.7 Å². The minimum atomic E-state index is -0.242. The number of amides is 1. The number of carbonyl (C=O) groups excluding carboxylic acids is 1. The summed E-state index contributed by atoms with van der Waals surface area (Å²) in [4.78, 5) is 14.3. The van der Waals surface area contributed by atoms with E-state index in [1.165, 1.54) is 0 Å². The number of nitrogens with one attached hydrogen (secondary N) is 1. The van der Waals surface area contributed by atoms with Crippen LogP contribution in [0.15, 0.2) is 42.5 Å². The Hall–Kier alpha value is -2.20. The average Bonchev–Trinajstić information content (AvgIpc) is 2.40. The molecule has 0 unspecified atom stereocenters. The van der Waals surface area contributed by atoms with Crippen molar-refractivity contribution >= 4 is 34.6 Å². The Morgan fingerprint density at radius 2 is 1.90 bits per heavy atom. The second-order valence-corrected chi connectivity index (χ2v) is 5.01. The highest BCUT2D eigenvalue weighted by atomic mass is 35.5. The van der Waals surface area contributed by atoms with Crippen LogP contribution in [0.2, 0.25) is 5.02 Å². The van der Waals surface area contributed by atoms with Crippen molar-refractivity contribution in [2.75, 3.05) is 30.0 Å². The van der Waals surface area contributed by atoms with Crippen molar-refractivity contribution in [3.8, 4) is 0 Å². The highest BCUT2D eigenvalue weighted by Gasteiger charge is 2.14. The lowest BCUT2D eigenvalue weighted by molar-refractivity contribution is 0.102. The first-order chi connectivity index (χ1) is 9.49. The molecule has 20 heavy (non-hydrogen) atoms. The maximum Gasteiger partial charge on any atom is 0.257 e. The average molecular weight is 290 g/mol. The molecule has 4 nitrogen and oxygen atoms in total. The minimum absolute atomic E-state index is 0.242. The molecule has 3 N–H and O–H groups in total. The number of halogens is 1. The fraction of sp³-hybridized carbons (Fsp3) is 0.133. The Morgan fingerprint density at radius 3 is 2.55 bits per heavy atom. The van der Waals surface area contributed by atoms with Gasteiger partial charge in [-0.3, -0.25) is 4.79 Å². The van der Waals surface area contributed by atoms with E-state index in [2.05, 4.69) is 5.32 Å². The number of nitrogens with zero attached hydrogens (tertiary/aromatic N) is 1. The first-order valence-corrected chi connectivity index (χ1v) is 6.49. The molecule has 0 saturated heterocycles. The molecule has 0 atom stereocenters. The van der Waals surface area contributed by atoms with E-state index in [9.17, 15) is 4.79 Å². The number of hydrogen-bond donors (Lipinski definition) is 2. The minimum Gasteiger partial charge on any atom is -0.399 e. The normalized spacial score (nSPS) is 10.2. The van der Waals surface area contributed by atoms with Crippen LogP contribution in [0.5, 0.6) is 0 Å². The molecule has 0 aliphatic heterocycles. The van der Waals surface area contributed by atoms with Gasteiger partial charge in [0.05, 0.1) is 16.3 Å². The molecule has 0 aliphatic carbocycles. The molecule has 0 aliphatic rings. The summed E-state index contributed by atoms with van der Waals surface area (Å²) in [5.74, 6) is -0.242. The molecule has 2 rings (SSSR count). The van der Waals surface area contributed by atoms with Crippen molar-refractivity contribution in [1.82, 2.24) is 0 Å². The maximum atomic E-state index is 12.4. The number of benzene rings is 2. The second kappa shape index (κ2) is 5.84. The van der Waals surface area contributed by atoms with E-state index in [1.54, 1.807) is 24.3 Å². The molecule has 104 valence electrons. The van der Waals surface area contributed by atoms with E-state index in [0.717, 1.165) is 5.69 Å². The summed E-state index contributed by atoms with van der Waals surface area (Å²) >= 11 is 6.04. The lowest BCUT2D eigenvalue weighted by atomic mass is 10.1. The molecule has 2 aromatic carbocycles. The zero-order chi connectivity index (χ0) is 14.7. The Bertz CT molecular complexity index is 641. The van der Waals surface area contributed by atoms with E-state index in [1.807, 2.05) is 37.2 Å². The Labute approximate surface area is 123 Å². The highest BCUT2D eigenvalue weighted by molar-refractivity contribution is 6.34. The van der Waals surface area contributed by atoms with Crippen LogP contribution in [0.3, 0.4) is 0 Å². The van der Waals surface area contributed by atoms with E-state index >= 15 is 0 Å². The number of hydrogen-bond acceptors (Lipinski definition) is 3. The van der Waals surface area contributed by atoms with Crippen molar-refractivity contribution in [2.24, 2.45) is 0 Å². The van der Waals surface area contributed by atoms with E-state index < -0.39 is 0 Å². The molecule has 1 amide bonds. The fourth-order valence-electron chi connectivity index (χ4n) is 1.88. The van der Waals surface area contributed by atoms with Crippen LogP contribution < -0.4 is 16.0 Å². The highest BCUT2D eigenvalue weighted by Crippen LogP contribution is 2.25. The van der Waals surface area contributed by atoms with Gasteiger partial charge in [0.1, 0.15) is 0 Å². The van der Waals surface area contributed by atoms with Gasteiger partial charge in [-0.2, -0.15) is 0 Å². The predicted octanol–water partition coefficient (Wildman–Crippen LogP) is 3.24. The van der Waals surface area contributed by atoms with Crippen molar-refractivity contribution in [2.45, 2.75) is 0 Å². The van der Waals surface area contributed by atoms with Crippen LogP contribution in [0, 0.1) is 0 Å². The standard InChI is InChI=1S/C15H16ClN3O/c1-19(2)14-8-7-10(17)9-11(14)15(20)18-13-6-4-3-5-12(13)16/h3-9H,17H2,1-2H3,(H,18,20). The number of nitrogens with two attached hydrogens (primary N) is 1. The Balaban J connectivity index is 2.34. The molecule has 0 bridgehead atoms. The van der Waals surface area contributed by atoms with Crippen molar-refractivity contribution in [1.29, 1.82) is 0 Å². The van der Waals surface area contributed by atoms with Gasteiger partial charge in [0.25, 0.3) is 5.91 Å². The number of carbonyl (C=O) groups is 1. The monoisotopic (exact) mass is 289 g/mol. The van der Waals surface area contributed by atoms with Gasteiger partial charge in [0.15, 0.2) is 0 Å². The van der Waals surface area contributed by atoms with Gasteiger partial charge in [-0.25, -0.2) is 0 Å². The molecule has 2 aromatic rings. The van der Waals surface area contributed by atoms with Crippen molar-refractivity contribution in [3.63, 3.8) is 0 Å². The summed E-state index contributed by atoms with van der Waals surface area (Å²) in [6, 6.07) is 12.3. The number of anilines is 3. The van der Waals surface area contributed by atoms with Crippen LogP contribution in [0.25, 0.3) is 0 Å². The fourth-order valence-corrected chi connectivity index (χ4v) is 2.06. The van der Waals surface area contributed by atoms with Crippen LogP contribution >= 0.6 is 11.6 Å². The van der Waals surface area contributed by atoms with Crippen molar-refractivity contribution < 1.29 is 4.79 Å². The molecule has 0 aromatic heterocycles. The summed E-state index contributed by atoms with van der Waals surface area (Å²) in [6.07, 6.45) is 0. The summed E-state index contributed by atoms with van der Waals surface area (Å²) in [7, 11) is 3.75. The van der Waals surface area contributed by atoms with E-state index in [0.29, 0.717) is 22.0 Å². The summed E-state index contributed by atoms with van der Waals surface area (Å²) < 4.78 is 0. The molecule has 0 saturated carbocycles. The smallest absolute Gasteiger partial charge is 0.257 e. The lowest BCUT2D eigenvalue weighted by Crippen LogP contribution is -2.19. The van der Waals surface area contributed by atoms with Gasteiger partial charge >= 0.3 is 0 Å².